The summed E-state index contributed by atoms with van der Waals surface area (Å²) in [5.74, 6) is 0.118. The van der Waals surface area contributed by atoms with Crippen molar-refractivity contribution in [3.05, 3.63) is 35.0 Å². The lowest BCUT2D eigenvalue weighted by Crippen LogP contribution is -2.01. The zero-order valence-electron chi connectivity index (χ0n) is 9.55. The zero-order valence-corrected chi connectivity index (χ0v) is 11.1. The van der Waals surface area contributed by atoms with Crippen LogP contribution in [0.5, 0.6) is 0 Å². The van der Waals surface area contributed by atoms with Gasteiger partial charge in [0, 0.05) is 11.3 Å². The number of sulfone groups is 1. The predicted octanol–water partition coefficient (Wildman–Crippen LogP) is 2.12. The van der Waals surface area contributed by atoms with Crippen LogP contribution < -0.4 is 5.73 Å². The van der Waals surface area contributed by atoms with Gasteiger partial charge >= 0.3 is 0 Å². The van der Waals surface area contributed by atoms with E-state index in [2.05, 4.69) is 5.16 Å². The summed E-state index contributed by atoms with van der Waals surface area (Å²) in [6, 6.07) is 6.90. The van der Waals surface area contributed by atoms with Gasteiger partial charge in [0.05, 0.1) is 5.56 Å². The molecule has 0 unspecified atom stereocenters. The van der Waals surface area contributed by atoms with Crippen molar-refractivity contribution in [2.45, 2.75) is 5.75 Å². The van der Waals surface area contributed by atoms with Crippen molar-refractivity contribution < 1.29 is 12.9 Å². The molecule has 0 aliphatic carbocycles. The molecule has 0 saturated heterocycles. The van der Waals surface area contributed by atoms with Crippen molar-refractivity contribution >= 4 is 27.3 Å². The highest BCUT2D eigenvalue weighted by atomic mass is 35.5. The van der Waals surface area contributed by atoms with Crippen molar-refractivity contribution in [1.82, 2.24) is 5.16 Å². The summed E-state index contributed by atoms with van der Waals surface area (Å²) in [6.07, 6.45) is 1.12. The standard InChI is InChI=1S/C11H11ClN2O3S/c1-18(15,16)6-9-10(11(13)14-17-9)7-3-2-4-8(12)5-7/h2-5H,6H2,1H3,(H2,13,14). The fourth-order valence-corrected chi connectivity index (χ4v) is 2.49. The molecule has 0 radical (unpaired) electrons. The second-order valence-corrected chi connectivity index (χ2v) is 6.52. The van der Waals surface area contributed by atoms with Gasteiger partial charge in [0.15, 0.2) is 21.4 Å². The van der Waals surface area contributed by atoms with Crippen LogP contribution in [0.25, 0.3) is 11.1 Å². The summed E-state index contributed by atoms with van der Waals surface area (Å²) in [6.45, 7) is 0. The predicted molar refractivity (Wildman–Crippen MR) is 69.9 cm³/mol. The van der Waals surface area contributed by atoms with E-state index in [9.17, 15) is 8.42 Å². The molecule has 0 spiro atoms. The van der Waals surface area contributed by atoms with Gasteiger partial charge < -0.3 is 10.3 Å². The third-order valence-electron chi connectivity index (χ3n) is 2.30. The van der Waals surface area contributed by atoms with Crippen LogP contribution in [0.15, 0.2) is 28.8 Å². The number of anilines is 1. The number of hydrogen-bond acceptors (Lipinski definition) is 5. The number of nitrogens with two attached hydrogens (primary N) is 1. The SMILES string of the molecule is CS(=O)(=O)Cc1onc(N)c1-c1cccc(Cl)c1. The first-order valence-electron chi connectivity index (χ1n) is 5.04. The maximum absolute atomic E-state index is 11.3. The van der Waals surface area contributed by atoms with Gasteiger partial charge in [-0.1, -0.05) is 28.9 Å². The Kier molecular flexibility index (Phi) is 3.32. The first kappa shape index (κ1) is 12.9. The highest BCUT2D eigenvalue weighted by Gasteiger charge is 2.19. The Morgan fingerprint density at radius 1 is 1.44 bits per heavy atom. The van der Waals surface area contributed by atoms with E-state index in [0.29, 0.717) is 16.1 Å². The molecular weight excluding hydrogens is 276 g/mol. The zero-order chi connectivity index (χ0) is 13.3. The molecule has 2 aromatic rings. The van der Waals surface area contributed by atoms with Gasteiger partial charge in [-0.2, -0.15) is 0 Å². The minimum absolute atomic E-state index is 0.149. The van der Waals surface area contributed by atoms with E-state index in [1.165, 1.54) is 0 Å². The summed E-state index contributed by atoms with van der Waals surface area (Å²) < 4.78 is 27.6. The topological polar surface area (TPSA) is 86.2 Å². The van der Waals surface area contributed by atoms with E-state index in [4.69, 9.17) is 21.9 Å². The number of nitrogens with zero attached hydrogens (tertiary/aromatic N) is 1. The number of hydrogen-bond donors (Lipinski definition) is 1. The minimum atomic E-state index is -3.23. The molecule has 18 heavy (non-hydrogen) atoms. The van der Waals surface area contributed by atoms with Crippen LogP contribution in [0.4, 0.5) is 5.82 Å². The Bertz CT molecular complexity index is 679. The van der Waals surface area contributed by atoms with Crippen LogP contribution in [-0.2, 0) is 15.6 Å². The van der Waals surface area contributed by atoms with Gasteiger partial charge in [-0.15, -0.1) is 0 Å². The van der Waals surface area contributed by atoms with Crippen LogP contribution in [-0.4, -0.2) is 19.8 Å². The van der Waals surface area contributed by atoms with Crippen LogP contribution in [0.3, 0.4) is 0 Å². The molecule has 0 bridgehead atoms. The first-order valence-corrected chi connectivity index (χ1v) is 7.48. The summed E-state index contributed by atoms with van der Waals surface area (Å²) in [7, 11) is -3.23. The number of halogens is 1. The Balaban J connectivity index is 2.54. The van der Waals surface area contributed by atoms with Crippen LogP contribution in [0.2, 0.25) is 5.02 Å². The lowest BCUT2D eigenvalue weighted by Gasteiger charge is -2.02. The van der Waals surface area contributed by atoms with E-state index in [-0.39, 0.29) is 17.3 Å². The van der Waals surface area contributed by atoms with Crippen molar-refractivity contribution in [3.63, 3.8) is 0 Å². The maximum atomic E-state index is 11.3. The highest BCUT2D eigenvalue weighted by molar-refractivity contribution is 7.89. The average Bonchev–Trinajstić information content (AvgIpc) is 2.57. The Hall–Kier alpha value is -1.53. The van der Waals surface area contributed by atoms with Crippen LogP contribution >= 0.6 is 11.6 Å². The third-order valence-corrected chi connectivity index (χ3v) is 3.32. The van der Waals surface area contributed by atoms with Crippen LogP contribution in [0.1, 0.15) is 5.76 Å². The summed E-state index contributed by atoms with van der Waals surface area (Å²) in [4.78, 5) is 0. The van der Waals surface area contributed by atoms with E-state index in [1.54, 1.807) is 24.3 Å². The first-order chi connectivity index (χ1) is 8.37. The molecule has 0 aliphatic rings. The molecule has 1 heterocycles. The van der Waals surface area contributed by atoms with Crippen molar-refractivity contribution in [2.75, 3.05) is 12.0 Å². The van der Waals surface area contributed by atoms with Crippen LogP contribution in [0, 0.1) is 0 Å². The molecule has 0 fully saturated rings. The molecule has 0 amide bonds. The lowest BCUT2D eigenvalue weighted by molar-refractivity contribution is 0.396. The molecule has 2 rings (SSSR count). The number of rotatable bonds is 3. The Morgan fingerprint density at radius 2 is 2.17 bits per heavy atom. The summed E-state index contributed by atoms with van der Waals surface area (Å²) in [5, 5.41) is 4.13. The molecular formula is C11H11ClN2O3S. The molecule has 2 N–H and O–H groups in total. The summed E-state index contributed by atoms with van der Waals surface area (Å²) >= 11 is 5.89. The Morgan fingerprint density at radius 3 is 2.78 bits per heavy atom. The second-order valence-electron chi connectivity index (χ2n) is 3.95. The van der Waals surface area contributed by atoms with E-state index in [0.717, 1.165) is 6.26 Å². The number of benzene rings is 1. The highest BCUT2D eigenvalue weighted by Crippen LogP contribution is 2.31. The average molecular weight is 287 g/mol. The third kappa shape index (κ3) is 2.83. The fourth-order valence-electron chi connectivity index (χ4n) is 1.63. The molecule has 96 valence electrons. The minimum Gasteiger partial charge on any atom is -0.380 e. The summed E-state index contributed by atoms with van der Waals surface area (Å²) in [5.41, 5.74) is 6.85. The second kappa shape index (κ2) is 4.62. The molecule has 0 aliphatic heterocycles. The largest absolute Gasteiger partial charge is 0.380 e. The molecule has 5 nitrogen and oxygen atoms in total. The fraction of sp³-hybridized carbons (Fsp3) is 0.182. The van der Waals surface area contributed by atoms with E-state index < -0.39 is 9.84 Å². The Labute approximate surface area is 109 Å². The quantitative estimate of drug-likeness (QED) is 0.934. The van der Waals surface area contributed by atoms with Gasteiger partial charge in [0.1, 0.15) is 5.75 Å². The molecule has 1 aromatic heterocycles. The molecule has 7 heteroatoms. The van der Waals surface area contributed by atoms with Crippen molar-refractivity contribution in [1.29, 1.82) is 0 Å². The molecule has 1 aromatic carbocycles. The van der Waals surface area contributed by atoms with Gasteiger partial charge in [0.25, 0.3) is 0 Å². The number of aromatic nitrogens is 1. The van der Waals surface area contributed by atoms with Crippen molar-refractivity contribution in [3.8, 4) is 11.1 Å². The van der Waals surface area contributed by atoms with Gasteiger partial charge in [-0.05, 0) is 17.7 Å². The van der Waals surface area contributed by atoms with Gasteiger partial charge in [-0.3, -0.25) is 0 Å². The maximum Gasteiger partial charge on any atom is 0.175 e. The molecule has 0 atom stereocenters. The molecule has 0 saturated carbocycles. The lowest BCUT2D eigenvalue weighted by atomic mass is 10.1. The normalized spacial score (nSPS) is 11.7. The monoisotopic (exact) mass is 286 g/mol. The smallest absolute Gasteiger partial charge is 0.175 e. The van der Waals surface area contributed by atoms with E-state index >= 15 is 0 Å². The van der Waals surface area contributed by atoms with Crippen molar-refractivity contribution in [2.24, 2.45) is 0 Å². The number of nitrogen functional groups attached to an aromatic ring is 1. The van der Waals surface area contributed by atoms with Gasteiger partial charge in [-0.25, -0.2) is 8.42 Å². The van der Waals surface area contributed by atoms with E-state index in [1.807, 2.05) is 0 Å². The van der Waals surface area contributed by atoms with Gasteiger partial charge in [0.2, 0.25) is 0 Å².